The average Bonchev–Trinajstić information content (AvgIpc) is 2.85. The van der Waals surface area contributed by atoms with Gasteiger partial charge in [-0.05, 0) is 43.4 Å². The summed E-state index contributed by atoms with van der Waals surface area (Å²) in [5.41, 5.74) is -2.04. The number of hydrogen-bond acceptors (Lipinski definition) is 3. The predicted octanol–water partition coefficient (Wildman–Crippen LogP) is 2.67. The fraction of sp³-hybridized carbons (Fsp3) is 0.550. The fourth-order valence-electron chi connectivity index (χ4n) is 4.09. The molecule has 3 rings (SSSR count). The van der Waals surface area contributed by atoms with Crippen molar-refractivity contribution in [3.8, 4) is 0 Å². The van der Waals surface area contributed by atoms with Gasteiger partial charge in [-0.15, -0.1) is 0 Å². The molecule has 0 unspecified atom stereocenters. The normalized spacial score (nSPS) is 30.3. The SMILES string of the molecule is C[C@@H]1[C@H](C)CCC[C@H]1NC(=O)CN1C(=O)N[C@](C)(c2cc(F)ccc2F)C1=O. The third-order valence-corrected chi connectivity index (χ3v) is 6.10. The Hall–Kier alpha value is -2.51. The second-order valence-corrected chi connectivity index (χ2v) is 8.01. The molecule has 1 aliphatic carbocycles. The molecule has 4 atom stereocenters. The maximum absolute atomic E-state index is 14.2. The molecule has 1 aliphatic heterocycles. The molecule has 1 aromatic carbocycles. The lowest BCUT2D eigenvalue weighted by Crippen LogP contribution is -2.49. The first-order chi connectivity index (χ1) is 13.1. The highest BCUT2D eigenvalue weighted by Crippen LogP contribution is 2.32. The predicted molar refractivity (Wildman–Crippen MR) is 98.1 cm³/mol. The van der Waals surface area contributed by atoms with Crippen molar-refractivity contribution < 1.29 is 23.2 Å². The Kier molecular flexibility index (Phi) is 5.41. The minimum Gasteiger partial charge on any atom is -0.352 e. The van der Waals surface area contributed by atoms with Crippen LogP contribution in [0.25, 0.3) is 0 Å². The molecule has 0 bridgehead atoms. The number of rotatable bonds is 4. The van der Waals surface area contributed by atoms with Crippen molar-refractivity contribution in [2.75, 3.05) is 6.54 Å². The number of hydrogen-bond donors (Lipinski definition) is 2. The summed E-state index contributed by atoms with van der Waals surface area (Å²) in [6.07, 6.45) is 2.97. The first kappa shape index (κ1) is 20.2. The van der Waals surface area contributed by atoms with Gasteiger partial charge in [-0.1, -0.05) is 26.7 Å². The van der Waals surface area contributed by atoms with Crippen LogP contribution in [0.15, 0.2) is 18.2 Å². The number of nitrogens with zero attached hydrogens (tertiary/aromatic N) is 1. The van der Waals surface area contributed by atoms with E-state index in [1.807, 2.05) is 0 Å². The van der Waals surface area contributed by atoms with Gasteiger partial charge in [0.15, 0.2) is 0 Å². The number of amides is 4. The summed E-state index contributed by atoms with van der Waals surface area (Å²) in [4.78, 5) is 38.3. The third kappa shape index (κ3) is 3.59. The fourth-order valence-corrected chi connectivity index (χ4v) is 4.09. The Morgan fingerprint density at radius 3 is 2.71 bits per heavy atom. The maximum atomic E-state index is 14.2. The summed E-state index contributed by atoms with van der Waals surface area (Å²) >= 11 is 0. The van der Waals surface area contributed by atoms with Crippen LogP contribution < -0.4 is 10.6 Å². The average molecular weight is 393 g/mol. The molecular formula is C20H25F2N3O3. The lowest BCUT2D eigenvalue weighted by atomic mass is 9.78. The minimum atomic E-state index is -1.77. The zero-order chi connectivity index (χ0) is 20.6. The zero-order valence-corrected chi connectivity index (χ0v) is 16.2. The van der Waals surface area contributed by atoms with Gasteiger partial charge in [0.1, 0.15) is 23.7 Å². The molecule has 1 aromatic rings. The van der Waals surface area contributed by atoms with E-state index < -0.39 is 41.6 Å². The second-order valence-electron chi connectivity index (χ2n) is 8.01. The molecule has 6 nitrogen and oxygen atoms in total. The van der Waals surface area contributed by atoms with Gasteiger partial charge in [-0.2, -0.15) is 0 Å². The summed E-state index contributed by atoms with van der Waals surface area (Å²) in [5.74, 6) is -1.99. The van der Waals surface area contributed by atoms with Gasteiger partial charge < -0.3 is 10.6 Å². The van der Waals surface area contributed by atoms with Gasteiger partial charge in [-0.25, -0.2) is 13.6 Å². The molecule has 8 heteroatoms. The molecule has 0 aromatic heterocycles. The quantitative estimate of drug-likeness (QED) is 0.772. The van der Waals surface area contributed by atoms with Gasteiger partial charge in [0.2, 0.25) is 5.91 Å². The van der Waals surface area contributed by atoms with Gasteiger partial charge in [0.05, 0.1) is 0 Å². The van der Waals surface area contributed by atoms with E-state index in [2.05, 4.69) is 24.5 Å². The van der Waals surface area contributed by atoms with E-state index in [0.717, 1.165) is 42.4 Å². The van der Waals surface area contributed by atoms with Gasteiger partial charge >= 0.3 is 6.03 Å². The Bertz CT molecular complexity index is 816. The lowest BCUT2D eigenvalue weighted by Gasteiger charge is -2.34. The number of nitrogens with one attached hydrogen (secondary N) is 2. The number of halogens is 2. The van der Waals surface area contributed by atoms with Crippen molar-refractivity contribution >= 4 is 17.8 Å². The van der Waals surface area contributed by atoms with Gasteiger partial charge in [0.25, 0.3) is 5.91 Å². The van der Waals surface area contributed by atoms with Crippen molar-refractivity contribution in [3.63, 3.8) is 0 Å². The van der Waals surface area contributed by atoms with Crippen molar-refractivity contribution in [1.29, 1.82) is 0 Å². The van der Waals surface area contributed by atoms with E-state index in [9.17, 15) is 23.2 Å². The molecule has 0 radical (unpaired) electrons. The molecule has 2 aliphatic rings. The Morgan fingerprint density at radius 2 is 2.00 bits per heavy atom. The van der Waals surface area contributed by atoms with E-state index in [-0.39, 0.29) is 11.6 Å². The van der Waals surface area contributed by atoms with Crippen LogP contribution >= 0.6 is 0 Å². The highest BCUT2D eigenvalue weighted by molar-refractivity contribution is 6.09. The van der Waals surface area contributed by atoms with Crippen LogP contribution in [0.3, 0.4) is 0 Å². The van der Waals surface area contributed by atoms with Crippen molar-refractivity contribution in [2.45, 2.75) is 51.6 Å². The Labute approximate surface area is 162 Å². The molecule has 4 amide bonds. The van der Waals surface area contributed by atoms with Crippen LogP contribution in [0.4, 0.5) is 13.6 Å². The molecule has 0 spiro atoms. The molecule has 1 saturated heterocycles. The highest BCUT2D eigenvalue weighted by atomic mass is 19.1. The standard InChI is InChI=1S/C20H25F2N3O3/c1-11-5-4-6-16(12(11)2)23-17(26)10-25-18(27)20(3,24-19(25)28)14-9-13(21)7-8-15(14)22/h7-9,11-12,16H,4-6,10H2,1-3H3,(H,23,26)(H,24,28)/t11-,12-,16-,20-/m1/s1. The van der Waals surface area contributed by atoms with E-state index in [1.54, 1.807) is 0 Å². The first-order valence-electron chi connectivity index (χ1n) is 9.52. The zero-order valence-electron chi connectivity index (χ0n) is 16.2. The Morgan fingerprint density at radius 1 is 1.29 bits per heavy atom. The van der Waals surface area contributed by atoms with Gasteiger partial charge in [-0.3, -0.25) is 14.5 Å². The molecule has 2 N–H and O–H groups in total. The monoisotopic (exact) mass is 393 g/mol. The van der Waals surface area contributed by atoms with Crippen LogP contribution in [0.5, 0.6) is 0 Å². The molecule has 152 valence electrons. The molecule has 2 fully saturated rings. The van der Waals surface area contributed by atoms with E-state index in [1.165, 1.54) is 6.92 Å². The van der Waals surface area contributed by atoms with Crippen molar-refractivity contribution in [2.24, 2.45) is 11.8 Å². The molecule has 28 heavy (non-hydrogen) atoms. The summed E-state index contributed by atoms with van der Waals surface area (Å²) in [6, 6.07) is 1.89. The summed E-state index contributed by atoms with van der Waals surface area (Å²) < 4.78 is 27.7. The number of carbonyl (C=O) groups excluding carboxylic acids is 3. The number of urea groups is 1. The number of benzene rings is 1. The minimum absolute atomic E-state index is 0.0101. The van der Waals surface area contributed by atoms with Crippen LogP contribution in [0.2, 0.25) is 0 Å². The van der Waals surface area contributed by atoms with Crippen LogP contribution in [-0.4, -0.2) is 35.3 Å². The third-order valence-electron chi connectivity index (χ3n) is 6.10. The van der Waals surface area contributed by atoms with Crippen molar-refractivity contribution in [1.82, 2.24) is 15.5 Å². The molecule has 1 saturated carbocycles. The van der Waals surface area contributed by atoms with E-state index in [4.69, 9.17) is 0 Å². The topological polar surface area (TPSA) is 78.5 Å². The van der Waals surface area contributed by atoms with Crippen LogP contribution in [-0.2, 0) is 15.1 Å². The van der Waals surface area contributed by atoms with Gasteiger partial charge in [0, 0.05) is 11.6 Å². The van der Waals surface area contributed by atoms with E-state index >= 15 is 0 Å². The maximum Gasteiger partial charge on any atom is 0.325 e. The molecular weight excluding hydrogens is 368 g/mol. The highest BCUT2D eigenvalue weighted by Gasteiger charge is 2.51. The van der Waals surface area contributed by atoms with Crippen LogP contribution in [0.1, 0.15) is 45.6 Å². The first-order valence-corrected chi connectivity index (χ1v) is 9.52. The number of imide groups is 1. The number of carbonyl (C=O) groups is 3. The van der Waals surface area contributed by atoms with Crippen molar-refractivity contribution in [3.05, 3.63) is 35.4 Å². The Balaban J connectivity index is 1.73. The smallest absolute Gasteiger partial charge is 0.325 e. The lowest BCUT2D eigenvalue weighted by molar-refractivity contribution is -0.135. The molecule has 1 heterocycles. The summed E-state index contributed by atoms with van der Waals surface area (Å²) in [7, 11) is 0. The summed E-state index contributed by atoms with van der Waals surface area (Å²) in [6.45, 7) is 5.05. The van der Waals surface area contributed by atoms with Crippen LogP contribution in [0, 0.1) is 23.5 Å². The van der Waals surface area contributed by atoms with E-state index in [0.29, 0.717) is 11.8 Å². The largest absolute Gasteiger partial charge is 0.352 e. The summed E-state index contributed by atoms with van der Waals surface area (Å²) in [5, 5.41) is 5.30. The second kappa shape index (κ2) is 7.48.